The van der Waals surface area contributed by atoms with E-state index in [4.69, 9.17) is 19.9 Å². The predicted octanol–water partition coefficient (Wildman–Crippen LogP) is 27.3. The van der Waals surface area contributed by atoms with Crippen LogP contribution >= 0.6 is 0 Å². The van der Waals surface area contributed by atoms with Crippen molar-refractivity contribution in [3.63, 3.8) is 0 Å². The zero-order valence-corrected chi connectivity index (χ0v) is 75.3. The second-order valence-electron chi connectivity index (χ2n) is 35.6. The van der Waals surface area contributed by atoms with Gasteiger partial charge in [-0.1, -0.05) is 212 Å². The Morgan fingerprint density at radius 3 is 0.971 bits per heavy atom. The van der Waals surface area contributed by atoms with Crippen molar-refractivity contribution >= 4 is 226 Å². The van der Waals surface area contributed by atoms with Gasteiger partial charge in [-0.25, -0.2) is 24.9 Å². The van der Waals surface area contributed by atoms with Gasteiger partial charge >= 0.3 is 0 Å². The highest BCUT2D eigenvalue weighted by Crippen LogP contribution is 2.43. The molecule has 0 fully saturated rings. The quantitative estimate of drug-likeness (QED) is 0.173. The lowest BCUT2D eigenvalue weighted by molar-refractivity contribution is 0.973. The summed E-state index contributed by atoms with van der Waals surface area (Å²) in [5.74, 6) is 4.78. The molecule has 0 radical (unpaired) electrons. The summed E-state index contributed by atoms with van der Waals surface area (Å²) in [6, 6.07) is 145. The molecule has 0 unspecified atom stereocenters. The molecule has 0 saturated heterocycles. The Morgan fingerprint density at radius 2 is 0.445 bits per heavy atom. The van der Waals surface area contributed by atoms with Crippen molar-refractivity contribution in [2.45, 2.75) is 0 Å². The molecule has 650 valence electrons. The number of para-hydroxylation sites is 21. The van der Waals surface area contributed by atoms with Crippen LogP contribution in [0, 0.1) is 0 Å². The fraction of sp³-hybridized carbons (Fsp3) is 0.0424. The minimum Gasteiger partial charge on any atom is -0.344 e. The molecule has 0 amide bonds. The first kappa shape index (κ1) is 77.3. The molecular weight excluding hydrogens is 1680 g/mol. The topological polar surface area (TPSA) is 131 Å². The summed E-state index contributed by atoms with van der Waals surface area (Å²) in [6.07, 6.45) is 0. The third kappa shape index (κ3) is 11.2. The van der Waals surface area contributed by atoms with Crippen LogP contribution < -0.4 is 0 Å². The van der Waals surface area contributed by atoms with Crippen molar-refractivity contribution in [2.24, 2.45) is 35.2 Å². The summed E-state index contributed by atoms with van der Waals surface area (Å²) in [4.78, 5) is 25.2. The lowest BCUT2D eigenvalue weighted by Gasteiger charge is -2.07. The maximum atomic E-state index is 5.22. The lowest BCUT2D eigenvalue weighted by Crippen LogP contribution is -1.95. The number of rotatable bonds is 4. The summed E-state index contributed by atoms with van der Waals surface area (Å²) in [6.45, 7) is 0. The minimum atomic E-state index is 0.940. The van der Waals surface area contributed by atoms with Crippen LogP contribution in [0.1, 0.15) is 0 Å². The summed E-state index contributed by atoms with van der Waals surface area (Å²) in [5.41, 5.74) is 36.8. The molecule has 0 saturated carbocycles. The number of aromatic nitrogens is 19. The van der Waals surface area contributed by atoms with Crippen LogP contribution in [-0.2, 0) is 35.2 Å². The molecule has 0 bridgehead atoms. The number of hydrogen-bond donors (Lipinski definition) is 0. The number of fused-ring (bicyclic) bond motifs is 40. The summed E-state index contributed by atoms with van der Waals surface area (Å²) >= 11 is 0. The van der Waals surface area contributed by atoms with Crippen molar-refractivity contribution < 1.29 is 0 Å². The van der Waals surface area contributed by atoms with Crippen LogP contribution in [0.25, 0.3) is 249 Å². The van der Waals surface area contributed by atoms with Crippen molar-refractivity contribution in [3.8, 4) is 22.7 Å². The third-order valence-electron chi connectivity index (χ3n) is 28.3. The fourth-order valence-corrected chi connectivity index (χ4v) is 22.3. The second kappa shape index (κ2) is 29.8. The van der Waals surface area contributed by atoms with E-state index in [1.807, 2.05) is 24.3 Å². The van der Waals surface area contributed by atoms with Crippen LogP contribution in [0.5, 0.6) is 0 Å². The van der Waals surface area contributed by atoms with E-state index < -0.39 is 0 Å². The number of imidazole rings is 10. The summed E-state index contributed by atoms with van der Waals surface area (Å²) < 4.78 is 31.6. The van der Waals surface area contributed by atoms with Crippen molar-refractivity contribution in [1.29, 1.82) is 0 Å². The van der Waals surface area contributed by atoms with E-state index in [0.717, 1.165) is 134 Å². The fourth-order valence-electron chi connectivity index (χ4n) is 22.3. The van der Waals surface area contributed by atoms with E-state index in [0.29, 0.717) is 0 Å². The normalized spacial score (nSPS) is 12.1. The van der Waals surface area contributed by atoms with Crippen molar-refractivity contribution in [3.05, 3.63) is 413 Å². The number of hydrogen-bond acceptors (Lipinski definition) is 5. The zero-order valence-electron chi connectivity index (χ0n) is 75.3. The molecule has 0 aliphatic carbocycles. The lowest BCUT2D eigenvalue weighted by atomic mass is 10.1. The van der Waals surface area contributed by atoms with Gasteiger partial charge in [-0.15, -0.1) is 0 Å². The van der Waals surface area contributed by atoms with Gasteiger partial charge in [0.2, 0.25) is 28.9 Å². The molecule has 32 aromatic rings. The van der Waals surface area contributed by atoms with Crippen LogP contribution in [0.2, 0.25) is 0 Å². The van der Waals surface area contributed by atoms with E-state index in [1.165, 1.54) is 115 Å². The average Bonchev–Trinajstić information content (AvgIpc) is 1.57. The van der Waals surface area contributed by atoms with Crippen LogP contribution in [0.3, 0.4) is 0 Å². The maximum Gasteiger partial charge on any atom is 0.220 e. The van der Waals surface area contributed by atoms with Crippen LogP contribution in [0.15, 0.2) is 413 Å². The minimum absolute atomic E-state index is 0.940. The molecule has 14 heterocycles. The first-order valence-electron chi connectivity index (χ1n) is 46.3. The standard InChI is InChI=1S/4C26H18N4.C14H11N3/c1-28-21-10-4-2-8-18(21)19-16-17(14-15-22(19)28)29-24-12-6-7-13-25(24)30-23-11-5-3-9-20(23)27-26(29)30;1-28-21-12-6-5-11-18(21)19-15-16-20-25(24(19)28)30-23-14-8-7-13-22(23)29(26(30)27-20)17-9-3-2-4-10-17;1-28-21-13-7-8-14-22(21)30-23-16-15-19-18-11-5-6-12-20(18)29(17-9-3-2-4-10-17)25(19)24(23)27-26(28)30;1-28-20-12-6-5-11-18(20)19-15-16-23-24(25(19)28)27-26-29(17-9-3-2-4-10-17)21-13-7-8-14-22(21)30(23)26;1-16-12-8-4-5-9-13(12)17-11-7-3-2-6-10(11)15-14(16)17/h4*2-16H,1H3;2-9H,1H3. The van der Waals surface area contributed by atoms with E-state index in [2.05, 4.69) is 492 Å². The molecule has 137 heavy (non-hydrogen) atoms. The van der Waals surface area contributed by atoms with Gasteiger partial charge in [0.25, 0.3) is 0 Å². The van der Waals surface area contributed by atoms with Gasteiger partial charge in [-0.05, 0) is 200 Å². The van der Waals surface area contributed by atoms with Gasteiger partial charge in [0.1, 0.15) is 11.0 Å². The Hall–Kier alpha value is -18.5. The highest BCUT2D eigenvalue weighted by atomic mass is 15.3. The highest BCUT2D eigenvalue weighted by Gasteiger charge is 2.27. The molecule has 0 spiro atoms. The first-order chi connectivity index (χ1) is 67.6. The average molecular weight is 1770 g/mol. The van der Waals surface area contributed by atoms with Crippen molar-refractivity contribution in [2.75, 3.05) is 0 Å². The summed E-state index contributed by atoms with van der Waals surface area (Å²) in [7, 11) is 10.6. The van der Waals surface area contributed by atoms with Gasteiger partial charge < -0.3 is 27.4 Å². The van der Waals surface area contributed by atoms with E-state index in [9.17, 15) is 0 Å². The monoisotopic (exact) mass is 1770 g/mol. The Balaban J connectivity index is 0.0000000855. The molecule has 0 atom stereocenters. The molecule has 19 nitrogen and oxygen atoms in total. The molecule has 0 aliphatic rings. The smallest absolute Gasteiger partial charge is 0.220 e. The molecule has 14 aromatic heterocycles. The van der Waals surface area contributed by atoms with Gasteiger partial charge in [-0.2, -0.15) is 0 Å². The Bertz CT molecular complexity index is 10600. The van der Waals surface area contributed by atoms with Gasteiger partial charge in [0.05, 0.1) is 121 Å². The van der Waals surface area contributed by atoms with Crippen LogP contribution in [0.4, 0.5) is 0 Å². The van der Waals surface area contributed by atoms with Gasteiger partial charge in [-0.3, -0.25) is 35.7 Å². The third-order valence-corrected chi connectivity index (χ3v) is 28.3. The predicted molar refractivity (Wildman–Crippen MR) is 563 cm³/mol. The number of nitrogens with zero attached hydrogens (tertiary/aromatic N) is 19. The Morgan fingerprint density at radius 1 is 0.146 bits per heavy atom. The largest absolute Gasteiger partial charge is 0.344 e. The van der Waals surface area contributed by atoms with E-state index in [1.54, 1.807) is 0 Å². The molecule has 0 aliphatic heterocycles. The van der Waals surface area contributed by atoms with Crippen LogP contribution in [-0.4, -0.2) is 88.0 Å². The molecule has 32 rings (SSSR count). The molecule has 18 aromatic carbocycles. The van der Waals surface area contributed by atoms with E-state index >= 15 is 0 Å². The van der Waals surface area contributed by atoms with Gasteiger partial charge in [0, 0.05) is 123 Å². The number of benzene rings is 18. The second-order valence-corrected chi connectivity index (χ2v) is 35.6. The zero-order chi connectivity index (χ0) is 90.7. The van der Waals surface area contributed by atoms with E-state index in [-0.39, 0.29) is 0 Å². The highest BCUT2D eigenvalue weighted by molar-refractivity contribution is 6.21. The Kier molecular flexibility index (Phi) is 16.8. The molecular formula is C118H83N19. The van der Waals surface area contributed by atoms with Crippen molar-refractivity contribution in [1.82, 2.24) is 88.0 Å². The molecule has 0 N–H and O–H groups in total. The Labute approximate surface area is 779 Å². The maximum absolute atomic E-state index is 5.22. The molecule has 19 heteroatoms. The SMILES string of the molecule is Cn1c2ccccc2c2cc(-n3c4ccccc4n4c5ccccc5nc34)ccc21.Cn1c2ccccc2c2ccc3c(nc4n(-c5ccccc5)c5ccccc5n34)c21.Cn1c2ccccc2c2ccc3nc4n(-c5ccccc5)c5ccccc5n4c3c21.Cn1c2ccccc2n2c3ccc4c5ccccc5n(-c5ccccc5)c4c3nc12.Cn1c2ccccc2n2c3ccccc3nc12. The summed E-state index contributed by atoms with van der Waals surface area (Å²) in [5, 5.41) is 10.1. The number of aryl methyl sites for hydroxylation is 5. The first-order valence-corrected chi connectivity index (χ1v) is 46.3. The van der Waals surface area contributed by atoms with Gasteiger partial charge in [0.15, 0.2) is 0 Å².